The maximum absolute atomic E-state index is 12.4. The minimum atomic E-state index is -3.36. The quantitative estimate of drug-likeness (QED) is 0.873. The highest BCUT2D eigenvalue weighted by molar-refractivity contribution is 7.92. The number of amides is 1. The second-order valence-electron chi connectivity index (χ2n) is 7.53. The summed E-state index contributed by atoms with van der Waals surface area (Å²) >= 11 is 0. The van der Waals surface area contributed by atoms with E-state index in [4.69, 9.17) is 0 Å². The summed E-state index contributed by atoms with van der Waals surface area (Å²) in [6, 6.07) is 6.46. The monoisotopic (exact) mass is 326 g/mol. The lowest BCUT2D eigenvalue weighted by Gasteiger charge is -2.33. The number of rotatable bonds is 5. The SMILES string of the molecule is CC(C)(C)CC(C)(C)NC(=O)c1cccc(NS(C)(=O)=O)c1. The van der Waals surface area contributed by atoms with Crippen LogP contribution < -0.4 is 10.0 Å². The van der Waals surface area contributed by atoms with Crippen molar-refractivity contribution in [1.29, 1.82) is 0 Å². The van der Waals surface area contributed by atoms with Gasteiger partial charge in [0.2, 0.25) is 10.0 Å². The van der Waals surface area contributed by atoms with Crippen LogP contribution in [0.15, 0.2) is 24.3 Å². The van der Waals surface area contributed by atoms with Crippen molar-refractivity contribution in [2.45, 2.75) is 46.6 Å². The van der Waals surface area contributed by atoms with Crippen LogP contribution in [-0.2, 0) is 10.0 Å². The van der Waals surface area contributed by atoms with Gasteiger partial charge in [-0.15, -0.1) is 0 Å². The van der Waals surface area contributed by atoms with Crippen molar-refractivity contribution < 1.29 is 13.2 Å². The lowest BCUT2D eigenvalue weighted by molar-refractivity contribution is 0.0891. The van der Waals surface area contributed by atoms with E-state index in [0.29, 0.717) is 11.3 Å². The zero-order valence-corrected chi connectivity index (χ0v) is 15.0. The third kappa shape index (κ3) is 6.93. The van der Waals surface area contributed by atoms with E-state index in [1.54, 1.807) is 18.2 Å². The van der Waals surface area contributed by atoms with E-state index < -0.39 is 10.0 Å². The van der Waals surface area contributed by atoms with Crippen molar-refractivity contribution in [2.24, 2.45) is 5.41 Å². The van der Waals surface area contributed by atoms with Gasteiger partial charge in [0, 0.05) is 16.8 Å². The minimum Gasteiger partial charge on any atom is -0.347 e. The normalized spacial score (nSPS) is 12.8. The average molecular weight is 326 g/mol. The van der Waals surface area contributed by atoms with Crippen molar-refractivity contribution in [2.75, 3.05) is 11.0 Å². The molecular formula is C16H26N2O3S. The Labute approximate surface area is 133 Å². The van der Waals surface area contributed by atoms with E-state index in [1.807, 2.05) is 13.8 Å². The predicted molar refractivity (Wildman–Crippen MR) is 90.5 cm³/mol. The van der Waals surface area contributed by atoms with E-state index >= 15 is 0 Å². The fourth-order valence-electron chi connectivity index (χ4n) is 2.69. The van der Waals surface area contributed by atoms with Crippen LogP contribution in [0, 0.1) is 5.41 Å². The molecular weight excluding hydrogens is 300 g/mol. The summed E-state index contributed by atoms with van der Waals surface area (Å²) in [6.45, 7) is 10.3. The number of hydrogen-bond donors (Lipinski definition) is 2. The molecule has 6 heteroatoms. The van der Waals surface area contributed by atoms with E-state index in [1.165, 1.54) is 6.07 Å². The molecule has 0 spiro atoms. The summed E-state index contributed by atoms with van der Waals surface area (Å²) in [6.07, 6.45) is 1.90. The van der Waals surface area contributed by atoms with E-state index in [-0.39, 0.29) is 16.9 Å². The van der Waals surface area contributed by atoms with Crippen molar-refractivity contribution in [3.05, 3.63) is 29.8 Å². The number of anilines is 1. The highest BCUT2D eigenvalue weighted by Crippen LogP contribution is 2.27. The number of benzene rings is 1. The molecule has 1 aromatic rings. The third-order valence-electron chi connectivity index (χ3n) is 2.85. The van der Waals surface area contributed by atoms with E-state index in [0.717, 1.165) is 12.7 Å². The zero-order valence-electron chi connectivity index (χ0n) is 14.1. The van der Waals surface area contributed by atoms with Crippen LogP contribution >= 0.6 is 0 Å². The Hall–Kier alpha value is -1.56. The maximum atomic E-state index is 12.4. The van der Waals surface area contributed by atoms with Crippen molar-refractivity contribution >= 4 is 21.6 Å². The number of carbonyl (C=O) groups is 1. The first-order valence-corrected chi connectivity index (χ1v) is 9.07. The maximum Gasteiger partial charge on any atom is 0.251 e. The van der Waals surface area contributed by atoms with E-state index in [2.05, 4.69) is 30.8 Å². The van der Waals surface area contributed by atoms with Gasteiger partial charge in [-0.1, -0.05) is 26.8 Å². The van der Waals surface area contributed by atoms with Gasteiger partial charge in [0.05, 0.1) is 6.26 Å². The molecule has 0 saturated heterocycles. The Morgan fingerprint density at radius 1 is 1.14 bits per heavy atom. The summed E-state index contributed by atoms with van der Waals surface area (Å²) in [5, 5.41) is 3.00. The summed E-state index contributed by atoms with van der Waals surface area (Å²) in [5.74, 6) is -0.216. The van der Waals surface area contributed by atoms with Crippen molar-refractivity contribution in [3.8, 4) is 0 Å². The van der Waals surface area contributed by atoms with Crippen molar-refractivity contribution in [1.82, 2.24) is 5.32 Å². The highest BCUT2D eigenvalue weighted by Gasteiger charge is 2.27. The Bertz CT molecular complexity index is 644. The van der Waals surface area contributed by atoms with Crippen molar-refractivity contribution in [3.63, 3.8) is 0 Å². The lowest BCUT2D eigenvalue weighted by Crippen LogP contribution is -2.45. The molecule has 0 heterocycles. The highest BCUT2D eigenvalue weighted by atomic mass is 32.2. The molecule has 0 atom stereocenters. The third-order valence-corrected chi connectivity index (χ3v) is 3.46. The molecule has 5 nitrogen and oxygen atoms in total. The molecule has 1 rings (SSSR count). The standard InChI is InChI=1S/C16H26N2O3S/c1-15(2,3)11-16(4,5)17-14(19)12-8-7-9-13(10-12)18-22(6,20)21/h7-10,18H,11H2,1-6H3,(H,17,19). The van der Waals surface area contributed by atoms with Crippen LogP contribution in [0.3, 0.4) is 0 Å². The molecule has 0 fully saturated rings. The molecule has 2 N–H and O–H groups in total. The van der Waals surface area contributed by atoms with Gasteiger partial charge in [-0.25, -0.2) is 8.42 Å². The molecule has 0 aliphatic carbocycles. The number of sulfonamides is 1. The molecule has 1 amide bonds. The number of hydrogen-bond acceptors (Lipinski definition) is 3. The Morgan fingerprint density at radius 2 is 1.73 bits per heavy atom. The summed E-state index contributed by atoms with van der Waals surface area (Å²) in [4.78, 5) is 12.4. The summed E-state index contributed by atoms with van der Waals surface area (Å²) < 4.78 is 24.9. The molecule has 0 bridgehead atoms. The van der Waals surface area contributed by atoms with Gasteiger partial charge in [-0.2, -0.15) is 0 Å². The molecule has 124 valence electrons. The molecule has 0 aromatic heterocycles. The summed E-state index contributed by atoms with van der Waals surface area (Å²) in [5.41, 5.74) is 0.547. The van der Waals surface area contributed by atoms with Gasteiger partial charge in [-0.3, -0.25) is 9.52 Å². The zero-order chi connectivity index (χ0) is 17.2. The molecule has 0 aliphatic rings. The molecule has 0 radical (unpaired) electrons. The Balaban J connectivity index is 2.88. The van der Waals surface area contributed by atoms with Gasteiger partial charge in [0.15, 0.2) is 0 Å². The van der Waals surface area contributed by atoms with Gasteiger partial charge in [0.1, 0.15) is 0 Å². The number of carbonyl (C=O) groups excluding carboxylic acids is 1. The fourth-order valence-corrected chi connectivity index (χ4v) is 3.24. The first-order chi connectivity index (χ1) is 9.77. The van der Waals surface area contributed by atoms with Gasteiger partial charge in [0.25, 0.3) is 5.91 Å². The lowest BCUT2D eigenvalue weighted by atomic mass is 9.81. The fraction of sp³-hybridized carbons (Fsp3) is 0.562. The average Bonchev–Trinajstić information content (AvgIpc) is 2.22. The number of nitrogens with one attached hydrogen (secondary N) is 2. The molecule has 22 heavy (non-hydrogen) atoms. The second kappa shape index (κ2) is 6.28. The van der Waals surface area contributed by atoms with Crippen LogP contribution in [0.1, 0.15) is 51.4 Å². The van der Waals surface area contributed by atoms with E-state index in [9.17, 15) is 13.2 Å². The molecule has 0 unspecified atom stereocenters. The minimum absolute atomic E-state index is 0.0937. The second-order valence-corrected chi connectivity index (χ2v) is 9.28. The first-order valence-electron chi connectivity index (χ1n) is 7.18. The summed E-state index contributed by atoms with van der Waals surface area (Å²) in [7, 11) is -3.36. The smallest absolute Gasteiger partial charge is 0.251 e. The predicted octanol–water partition coefficient (Wildman–Crippen LogP) is 3.00. The molecule has 0 aliphatic heterocycles. The van der Waals surface area contributed by atoms with Gasteiger partial charge in [-0.05, 0) is 43.9 Å². The van der Waals surface area contributed by atoms with Crippen LogP contribution in [0.4, 0.5) is 5.69 Å². The first kappa shape index (κ1) is 18.5. The van der Waals surface area contributed by atoms with Crippen LogP contribution in [0.2, 0.25) is 0 Å². The van der Waals surface area contributed by atoms with Gasteiger partial charge < -0.3 is 5.32 Å². The topological polar surface area (TPSA) is 75.3 Å². The Morgan fingerprint density at radius 3 is 2.23 bits per heavy atom. The van der Waals surface area contributed by atoms with Crippen LogP contribution in [0.5, 0.6) is 0 Å². The van der Waals surface area contributed by atoms with Crippen LogP contribution in [0.25, 0.3) is 0 Å². The largest absolute Gasteiger partial charge is 0.347 e. The molecule has 0 saturated carbocycles. The van der Waals surface area contributed by atoms with Crippen LogP contribution in [-0.4, -0.2) is 26.1 Å². The van der Waals surface area contributed by atoms with Gasteiger partial charge >= 0.3 is 0 Å². The Kier molecular flexibility index (Phi) is 5.28. The molecule has 1 aromatic carbocycles.